The summed E-state index contributed by atoms with van der Waals surface area (Å²) < 4.78 is 9.61. The molecule has 0 rings (SSSR count). The van der Waals surface area contributed by atoms with E-state index in [0.717, 1.165) is 0 Å². The summed E-state index contributed by atoms with van der Waals surface area (Å²) in [7, 11) is 0. The van der Waals surface area contributed by atoms with Crippen molar-refractivity contribution in [2.45, 2.75) is 19.8 Å². The number of esters is 1. The summed E-state index contributed by atoms with van der Waals surface area (Å²) in [5.74, 6) is -1.37. The largest absolute Gasteiger partial charge is 0.463 e. The molecular weight excluding hydrogens is 192 g/mol. The maximum Gasteiger partial charge on any atom is 0.342 e. The van der Waals surface area contributed by atoms with Crippen molar-refractivity contribution < 1.29 is 29.2 Å². The number of ether oxygens (including phenoxy) is 2. The fourth-order valence-corrected chi connectivity index (χ4v) is 0.681. The molecule has 0 aromatic rings. The summed E-state index contributed by atoms with van der Waals surface area (Å²) in [5, 5.41) is 7.87. The summed E-state index contributed by atoms with van der Waals surface area (Å²) >= 11 is 0. The second kappa shape index (κ2) is 8.46. The van der Waals surface area contributed by atoms with Crippen LogP contribution in [0.25, 0.3) is 0 Å². The van der Waals surface area contributed by atoms with E-state index in [1.54, 1.807) is 0 Å². The molecule has 6 heteroatoms. The molecular formula is C8H14O6. The highest BCUT2D eigenvalue weighted by Gasteiger charge is 2.08. The highest BCUT2D eigenvalue weighted by atomic mass is 17.1. The van der Waals surface area contributed by atoms with Gasteiger partial charge in [-0.25, -0.2) is 4.79 Å². The molecule has 1 N–H and O–H groups in total. The Kier molecular flexibility index (Phi) is 7.77. The third-order valence-corrected chi connectivity index (χ3v) is 1.33. The van der Waals surface area contributed by atoms with Crippen LogP contribution in [-0.2, 0) is 24.0 Å². The van der Waals surface area contributed by atoms with E-state index in [4.69, 9.17) is 9.99 Å². The van der Waals surface area contributed by atoms with Crippen LogP contribution in [0, 0.1) is 0 Å². The number of carbonyl (C=O) groups excluding carboxylic acids is 2. The van der Waals surface area contributed by atoms with Gasteiger partial charge in [0.05, 0.1) is 19.4 Å². The van der Waals surface area contributed by atoms with Gasteiger partial charge in [0.2, 0.25) is 0 Å². The first-order chi connectivity index (χ1) is 6.70. The number of carbonyl (C=O) groups is 2. The molecule has 0 bridgehead atoms. The molecule has 0 saturated heterocycles. The third-order valence-electron chi connectivity index (χ3n) is 1.33. The topological polar surface area (TPSA) is 82.1 Å². The molecule has 0 atom stereocenters. The molecule has 0 heterocycles. The molecule has 0 amide bonds. The van der Waals surface area contributed by atoms with Crippen LogP contribution in [0.5, 0.6) is 0 Å². The van der Waals surface area contributed by atoms with Crippen molar-refractivity contribution in [2.75, 3.05) is 19.8 Å². The first kappa shape index (κ1) is 12.9. The Bertz CT molecular complexity index is 179. The lowest BCUT2D eigenvalue weighted by Crippen LogP contribution is -2.12. The minimum atomic E-state index is -0.855. The molecule has 0 radical (unpaired) electrons. The van der Waals surface area contributed by atoms with Crippen LogP contribution < -0.4 is 0 Å². The highest BCUT2D eigenvalue weighted by molar-refractivity contribution is 5.77. The van der Waals surface area contributed by atoms with Gasteiger partial charge in [-0.2, -0.15) is 5.26 Å². The van der Waals surface area contributed by atoms with Gasteiger partial charge < -0.3 is 14.4 Å². The van der Waals surface area contributed by atoms with E-state index in [1.165, 1.54) is 0 Å². The fourth-order valence-electron chi connectivity index (χ4n) is 0.681. The molecule has 0 aromatic carbocycles. The first-order valence-electron chi connectivity index (χ1n) is 4.28. The smallest absolute Gasteiger partial charge is 0.342 e. The van der Waals surface area contributed by atoms with Crippen molar-refractivity contribution in [1.29, 1.82) is 0 Å². The Morgan fingerprint density at radius 1 is 1.14 bits per heavy atom. The molecule has 0 aliphatic heterocycles. The zero-order valence-corrected chi connectivity index (χ0v) is 8.02. The van der Waals surface area contributed by atoms with Crippen LogP contribution in [0.4, 0.5) is 0 Å². The monoisotopic (exact) mass is 206 g/mol. The zero-order chi connectivity index (χ0) is 10.8. The quantitative estimate of drug-likeness (QED) is 0.280. The standard InChI is InChI=1S/C8H14O6/c1-2-12-5-6-13-7(9)3-4-8(10)14-11/h11H,2-6H2,1H3. The van der Waals surface area contributed by atoms with Gasteiger partial charge in [0.15, 0.2) is 0 Å². The molecule has 0 saturated carbocycles. The third kappa shape index (κ3) is 7.51. The number of hydrogen-bond donors (Lipinski definition) is 1. The Morgan fingerprint density at radius 2 is 1.79 bits per heavy atom. The van der Waals surface area contributed by atoms with Crippen molar-refractivity contribution in [3.63, 3.8) is 0 Å². The Balaban J connectivity index is 3.32. The van der Waals surface area contributed by atoms with Crippen LogP contribution in [0.2, 0.25) is 0 Å². The van der Waals surface area contributed by atoms with Gasteiger partial charge in [-0.15, -0.1) is 0 Å². The summed E-state index contributed by atoms with van der Waals surface area (Å²) in [6, 6.07) is 0. The van der Waals surface area contributed by atoms with Gasteiger partial charge in [0.25, 0.3) is 0 Å². The fraction of sp³-hybridized carbons (Fsp3) is 0.750. The maximum atomic E-state index is 10.9. The Labute approximate surface area is 81.7 Å². The minimum Gasteiger partial charge on any atom is -0.463 e. The molecule has 82 valence electrons. The van der Waals surface area contributed by atoms with Crippen LogP contribution in [0.1, 0.15) is 19.8 Å². The lowest BCUT2D eigenvalue weighted by Gasteiger charge is -2.03. The zero-order valence-electron chi connectivity index (χ0n) is 8.02. The predicted molar refractivity (Wildman–Crippen MR) is 45.4 cm³/mol. The average Bonchev–Trinajstić information content (AvgIpc) is 2.21. The van der Waals surface area contributed by atoms with Crippen LogP contribution in [-0.4, -0.2) is 37.0 Å². The lowest BCUT2D eigenvalue weighted by atomic mass is 10.3. The lowest BCUT2D eigenvalue weighted by molar-refractivity contribution is -0.234. The molecule has 0 spiro atoms. The van der Waals surface area contributed by atoms with Crippen molar-refractivity contribution in [3.8, 4) is 0 Å². The summed E-state index contributed by atoms with van der Waals surface area (Å²) in [6.45, 7) is 2.90. The SMILES string of the molecule is CCOCCOC(=O)CCC(=O)OO. The molecule has 6 nitrogen and oxygen atoms in total. The predicted octanol–water partition coefficient (Wildman–Crippen LogP) is 0.362. The molecule has 14 heavy (non-hydrogen) atoms. The van der Waals surface area contributed by atoms with Crippen LogP contribution >= 0.6 is 0 Å². The Hall–Kier alpha value is -1.14. The van der Waals surface area contributed by atoms with Crippen LogP contribution in [0.3, 0.4) is 0 Å². The summed E-state index contributed by atoms with van der Waals surface area (Å²) in [4.78, 5) is 24.6. The van der Waals surface area contributed by atoms with Crippen molar-refractivity contribution in [1.82, 2.24) is 0 Å². The second-order valence-electron chi connectivity index (χ2n) is 2.38. The molecule has 0 aliphatic rings. The number of hydrogen-bond acceptors (Lipinski definition) is 6. The van der Waals surface area contributed by atoms with Crippen molar-refractivity contribution in [2.24, 2.45) is 0 Å². The van der Waals surface area contributed by atoms with Gasteiger partial charge in [-0.3, -0.25) is 4.79 Å². The van der Waals surface area contributed by atoms with E-state index in [-0.39, 0.29) is 19.4 Å². The van der Waals surface area contributed by atoms with E-state index in [9.17, 15) is 9.59 Å². The van der Waals surface area contributed by atoms with Crippen molar-refractivity contribution >= 4 is 11.9 Å². The van der Waals surface area contributed by atoms with Crippen LogP contribution in [0.15, 0.2) is 0 Å². The van der Waals surface area contributed by atoms with Gasteiger partial charge >= 0.3 is 11.9 Å². The van der Waals surface area contributed by atoms with Crippen molar-refractivity contribution in [3.05, 3.63) is 0 Å². The number of rotatable bonds is 7. The van der Waals surface area contributed by atoms with E-state index >= 15 is 0 Å². The van der Waals surface area contributed by atoms with E-state index in [1.807, 2.05) is 6.92 Å². The van der Waals surface area contributed by atoms with E-state index in [0.29, 0.717) is 13.2 Å². The molecule has 0 aliphatic carbocycles. The van der Waals surface area contributed by atoms with Gasteiger partial charge in [0, 0.05) is 6.61 Å². The maximum absolute atomic E-state index is 10.9. The summed E-state index contributed by atoms with van der Waals surface area (Å²) in [5.41, 5.74) is 0. The van der Waals surface area contributed by atoms with Gasteiger partial charge in [-0.05, 0) is 6.92 Å². The molecule has 0 fully saturated rings. The van der Waals surface area contributed by atoms with E-state index in [2.05, 4.69) is 9.62 Å². The average molecular weight is 206 g/mol. The normalized spacial score (nSPS) is 9.57. The van der Waals surface area contributed by atoms with E-state index < -0.39 is 11.9 Å². The molecule has 0 unspecified atom stereocenters. The first-order valence-corrected chi connectivity index (χ1v) is 4.28. The Morgan fingerprint density at radius 3 is 2.36 bits per heavy atom. The van der Waals surface area contributed by atoms with Gasteiger partial charge in [0.1, 0.15) is 6.61 Å². The second-order valence-corrected chi connectivity index (χ2v) is 2.38. The minimum absolute atomic E-state index is 0.106. The molecule has 0 aromatic heterocycles. The highest BCUT2D eigenvalue weighted by Crippen LogP contribution is 1.94. The summed E-state index contributed by atoms with van der Waals surface area (Å²) in [6.07, 6.45) is -0.296. The van der Waals surface area contributed by atoms with Gasteiger partial charge in [-0.1, -0.05) is 0 Å².